The highest BCUT2D eigenvalue weighted by Gasteiger charge is 2.21. The first kappa shape index (κ1) is 19.0. The number of carbonyl (C=O) groups excluding carboxylic acids is 2. The molecule has 1 amide bonds. The molecule has 0 atom stereocenters. The van der Waals surface area contributed by atoms with Crippen molar-refractivity contribution in [1.82, 2.24) is 0 Å². The van der Waals surface area contributed by atoms with Gasteiger partial charge in [0.05, 0.1) is 12.3 Å². The summed E-state index contributed by atoms with van der Waals surface area (Å²) in [6.07, 6.45) is 0. The second-order valence-electron chi connectivity index (χ2n) is 6.25. The number of nitrogens with one attached hydrogen (secondary N) is 1. The molecular formula is C22H19NO5S. The molecule has 1 aromatic heterocycles. The smallest absolute Gasteiger partial charge is 0.350 e. The van der Waals surface area contributed by atoms with Crippen LogP contribution in [0.5, 0.6) is 11.5 Å². The first-order valence-electron chi connectivity index (χ1n) is 9.23. The summed E-state index contributed by atoms with van der Waals surface area (Å²) in [7, 11) is 0. The van der Waals surface area contributed by atoms with Gasteiger partial charge in [-0.2, -0.15) is 0 Å². The lowest BCUT2D eigenvalue weighted by Crippen LogP contribution is -2.17. The third-order valence-electron chi connectivity index (χ3n) is 4.30. The molecule has 1 aliphatic rings. The van der Waals surface area contributed by atoms with Crippen LogP contribution >= 0.6 is 11.3 Å². The number of carbonyl (C=O) groups is 2. The standard InChI is InChI=1S/C22H19NO5S/c1-2-26-22(25)20-16(13-19(29-20)14-6-4-3-5-7-14)23-21(24)15-8-9-17-18(12-15)28-11-10-27-17/h3-9,12-13H,2,10-11H2,1H3,(H,23,24). The molecule has 0 unspecified atom stereocenters. The van der Waals surface area contributed by atoms with E-state index in [1.54, 1.807) is 31.2 Å². The van der Waals surface area contributed by atoms with Crippen molar-refractivity contribution in [3.63, 3.8) is 0 Å². The summed E-state index contributed by atoms with van der Waals surface area (Å²) >= 11 is 1.29. The van der Waals surface area contributed by atoms with Crippen molar-refractivity contribution < 1.29 is 23.8 Å². The van der Waals surface area contributed by atoms with E-state index in [1.807, 2.05) is 30.3 Å². The predicted molar refractivity (Wildman–Crippen MR) is 111 cm³/mol. The lowest BCUT2D eigenvalue weighted by molar-refractivity contribution is 0.0533. The van der Waals surface area contributed by atoms with Gasteiger partial charge in [-0.3, -0.25) is 4.79 Å². The second kappa shape index (κ2) is 8.36. The summed E-state index contributed by atoms with van der Waals surface area (Å²) in [5.41, 5.74) is 1.80. The minimum atomic E-state index is -0.461. The van der Waals surface area contributed by atoms with Crippen LogP contribution in [0.25, 0.3) is 10.4 Å². The number of amides is 1. The summed E-state index contributed by atoms with van der Waals surface area (Å²) in [4.78, 5) is 26.5. The van der Waals surface area contributed by atoms with Gasteiger partial charge in [0.2, 0.25) is 0 Å². The van der Waals surface area contributed by atoms with Crippen LogP contribution in [0.15, 0.2) is 54.6 Å². The molecule has 7 heteroatoms. The van der Waals surface area contributed by atoms with Gasteiger partial charge < -0.3 is 19.5 Å². The van der Waals surface area contributed by atoms with E-state index >= 15 is 0 Å². The highest BCUT2D eigenvalue weighted by atomic mass is 32.1. The molecular weight excluding hydrogens is 390 g/mol. The largest absolute Gasteiger partial charge is 0.486 e. The average molecular weight is 409 g/mol. The maximum atomic E-state index is 12.8. The van der Waals surface area contributed by atoms with Gasteiger partial charge >= 0.3 is 5.97 Å². The molecule has 0 saturated carbocycles. The summed E-state index contributed by atoms with van der Waals surface area (Å²) in [5.74, 6) is 0.341. The van der Waals surface area contributed by atoms with Gasteiger partial charge in [-0.25, -0.2) is 4.79 Å². The van der Waals surface area contributed by atoms with Crippen molar-refractivity contribution in [2.45, 2.75) is 6.92 Å². The minimum absolute atomic E-state index is 0.257. The van der Waals surface area contributed by atoms with E-state index in [-0.39, 0.29) is 12.5 Å². The number of esters is 1. The number of ether oxygens (including phenoxy) is 3. The number of anilines is 1. The molecule has 1 N–H and O–H groups in total. The van der Waals surface area contributed by atoms with E-state index in [0.29, 0.717) is 40.8 Å². The Kier molecular flexibility index (Phi) is 5.48. The van der Waals surface area contributed by atoms with Crippen LogP contribution in [0.3, 0.4) is 0 Å². The first-order valence-corrected chi connectivity index (χ1v) is 10.0. The summed E-state index contributed by atoms with van der Waals surface area (Å²) in [5, 5.41) is 2.84. The van der Waals surface area contributed by atoms with E-state index in [9.17, 15) is 9.59 Å². The zero-order chi connectivity index (χ0) is 20.2. The van der Waals surface area contributed by atoms with Crippen LogP contribution in [-0.2, 0) is 4.74 Å². The molecule has 6 nitrogen and oxygen atoms in total. The normalized spacial score (nSPS) is 12.3. The van der Waals surface area contributed by atoms with Crippen molar-refractivity contribution >= 4 is 28.9 Å². The number of benzene rings is 2. The third kappa shape index (κ3) is 4.09. The van der Waals surface area contributed by atoms with Crippen LogP contribution in [0, 0.1) is 0 Å². The van der Waals surface area contributed by atoms with Crippen LogP contribution < -0.4 is 14.8 Å². The van der Waals surface area contributed by atoms with Gasteiger partial charge in [0.25, 0.3) is 5.91 Å². The molecule has 0 fully saturated rings. The van der Waals surface area contributed by atoms with E-state index in [2.05, 4.69) is 5.32 Å². The van der Waals surface area contributed by atoms with Crippen molar-refractivity contribution in [2.24, 2.45) is 0 Å². The Bertz CT molecular complexity index is 1040. The monoisotopic (exact) mass is 409 g/mol. The number of rotatable bonds is 5. The highest BCUT2D eigenvalue weighted by molar-refractivity contribution is 7.18. The fourth-order valence-electron chi connectivity index (χ4n) is 2.96. The van der Waals surface area contributed by atoms with Crippen molar-refractivity contribution in [3.05, 3.63) is 65.0 Å². The maximum Gasteiger partial charge on any atom is 0.350 e. The molecule has 1 aliphatic heterocycles. The molecule has 0 saturated heterocycles. The SMILES string of the molecule is CCOC(=O)c1sc(-c2ccccc2)cc1NC(=O)c1ccc2c(c1)OCCO2. The number of fused-ring (bicyclic) bond motifs is 1. The van der Waals surface area contributed by atoms with E-state index < -0.39 is 5.97 Å². The van der Waals surface area contributed by atoms with Crippen molar-refractivity contribution in [3.8, 4) is 21.9 Å². The van der Waals surface area contributed by atoms with Crippen molar-refractivity contribution in [2.75, 3.05) is 25.1 Å². The zero-order valence-corrected chi connectivity index (χ0v) is 16.6. The maximum absolute atomic E-state index is 12.8. The van der Waals surface area contributed by atoms with E-state index in [4.69, 9.17) is 14.2 Å². The lowest BCUT2D eigenvalue weighted by Gasteiger charge is -2.18. The number of hydrogen-bond donors (Lipinski definition) is 1. The molecule has 0 spiro atoms. The fraction of sp³-hybridized carbons (Fsp3) is 0.182. The van der Waals surface area contributed by atoms with Gasteiger partial charge in [-0.05, 0) is 36.8 Å². The van der Waals surface area contributed by atoms with Crippen molar-refractivity contribution in [1.29, 1.82) is 0 Å². The first-order chi connectivity index (χ1) is 14.2. The quantitative estimate of drug-likeness (QED) is 0.623. The Labute approximate surface area is 172 Å². The lowest BCUT2D eigenvalue weighted by atomic mass is 10.1. The molecule has 2 heterocycles. The van der Waals surface area contributed by atoms with Gasteiger partial charge in [0.1, 0.15) is 18.1 Å². The van der Waals surface area contributed by atoms with Crippen LogP contribution in [0.4, 0.5) is 5.69 Å². The fourth-order valence-corrected chi connectivity index (χ4v) is 3.97. The molecule has 0 bridgehead atoms. The van der Waals surface area contributed by atoms with Crippen LogP contribution in [0.2, 0.25) is 0 Å². The molecule has 3 aromatic rings. The van der Waals surface area contributed by atoms with Crippen LogP contribution in [-0.4, -0.2) is 31.7 Å². The topological polar surface area (TPSA) is 73.9 Å². The Balaban J connectivity index is 1.63. The van der Waals surface area contributed by atoms with Gasteiger partial charge in [-0.1, -0.05) is 30.3 Å². The molecule has 148 valence electrons. The molecule has 4 rings (SSSR count). The average Bonchev–Trinajstić information content (AvgIpc) is 3.18. The highest BCUT2D eigenvalue weighted by Crippen LogP contribution is 2.36. The molecule has 2 aromatic carbocycles. The molecule has 0 aliphatic carbocycles. The van der Waals surface area contributed by atoms with E-state index in [1.165, 1.54) is 11.3 Å². The Hall–Kier alpha value is -3.32. The Morgan fingerprint density at radius 3 is 2.55 bits per heavy atom. The summed E-state index contributed by atoms with van der Waals surface area (Å²) in [6.45, 7) is 2.93. The van der Waals surface area contributed by atoms with Gasteiger partial charge in [0, 0.05) is 10.4 Å². The second-order valence-corrected chi connectivity index (χ2v) is 7.30. The predicted octanol–water partition coefficient (Wildman–Crippen LogP) is 4.62. The zero-order valence-electron chi connectivity index (χ0n) is 15.8. The Morgan fingerprint density at radius 1 is 1.03 bits per heavy atom. The Morgan fingerprint density at radius 2 is 1.79 bits per heavy atom. The number of thiophene rings is 1. The number of hydrogen-bond acceptors (Lipinski definition) is 6. The van der Waals surface area contributed by atoms with Gasteiger partial charge in [0.15, 0.2) is 11.5 Å². The van der Waals surface area contributed by atoms with Crippen LogP contribution in [0.1, 0.15) is 27.0 Å². The molecule has 29 heavy (non-hydrogen) atoms. The molecule has 0 radical (unpaired) electrons. The summed E-state index contributed by atoms with van der Waals surface area (Å²) < 4.78 is 16.2. The summed E-state index contributed by atoms with van der Waals surface area (Å²) in [6, 6.07) is 16.5. The minimum Gasteiger partial charge on any atom is -0.486 e. The third-order valence-corrected chi connectivity index (χ3v) is 5.47. The van der Waals surface area contributed by atoms with E-state index in [0.717, 1.165) is 10.4 Å². The van der Waals surface area contributed by atoms with Gasteiger partial charge in [-0.15, -0.1) is 11.3 Å².